The molecule has 18 heavy (non-hydrogen) atoms. The van der Waals surface area contributed by atoms with Crippen molar-refractivity contribution in [2.45, 2.75) is 64.3 Å². The van der Waals surface area contributed by atoms with Crippen molar-refractivity contribution in [1.82, 2.24) is 5.32 Å². The van der Waals surface area contributed by atoms with Gasteiger partial charge in [-0.05, 0) is 45.4 Å². The van der Waals surface area contributed by atoms with Gasteiger partial charge < -0.3 is 11.1 Å². The lowest BCUT2D eigenvalue weighted by molar-refractivity contribution is -0.130. The van der Waals surface area contributed by atoms with Gasteiger partial charge in [-0.2, -0.15) is 0 Å². The summed E-state index contributed by atoms with van der Waals surface area (Å²) in [6.45, 7) is 4.22. The molecule has 0 radical (unpaired) electrons. The van der Waals surface area contributed by atoms with Crippen LogP contribution in [0.2, 0.25) is 0 Å². The van der Waals surface area contributed by atoms with Crippen LogP contribution in [-0.4, -0.2) is 16.4 Å². The van der Waals surface area contributed by atoms with Gasteiger partial charge in [0.1, 0.15) is 0 Å². The van der Waals surface area contributed by atoms with Crippen LogP contribution < -0.4 is 11.1 Å². The van der Waals surface area contributed by atoms with Gasteiger partial charge in [-0.3, -0.25) is 4.79 Å². The highest BCUT2D eigenvalue weighted by Gasteiger charge is 2.46. The van der Waals surface area contributed by atoms with Crippen LogP contribution >= 0.6 is 12.2 Å². The molecule has 102 valence electrons. The van der Waals surface area contributed by atoms with E-state index in [1.807, 2.05) is 0 Å². The number of hydrogen-bond acceptors (Lipinski definition) is 2. The Balaban J connectivity index is 2.10. The van der Waals surface area contributed by atoms with Crippen LogP contribution in [0.3, 0.4) is 0 Å². The van der Waals surface area contributed by atoms with Crippen molar-refractivity contribution in [3.8, 4) is 0 Å². The van der Waals surface area contributed by atoms with E-state index in [0.29, 0.717) is 10.9 Å². The van der Waals surface area contributed by atoms with Crippen LogP contribution in [-0.2, 0) is 4.79 Å². The van der Waals surface area contributed by atoms with E-state index in [2.05, 4.69) is 19.2 Å². The minimum absolute atomic E-state index is 0.0617. The molecule has 0 aliphatic heterocycles. The number of amides is 1. The summed E-state index contributed by atoms with van der Waals surface area (Å²) in [6.07, 6.45) is 7.34. The van der Waals surface area contributed by atoms with Crippen LogP contribution in [0.25, 0.3) is 0 Å². The summed E-state index contributed by atoms with van der Waals surface area (Å²) in [5.74, 6) is 0.681. The van der Waals surface area contributed by atoms with Crippen LogP contribution in [0.1, 0.15) is 58.8 Å². The highest BCUT2D eigenvalue weighted by Crippen LogP contribution is 2.42. The fourth-order valence-corrected chi connectivity index (χ4v) is 3.36. The Kier molecular flexibility index (Phi) is 3.67. The largest absolute Gasteiger partial charge is 0.392 e. The highest BCUT2D eigenvalue weighted by molar-refractivity contribution is 7.80. The van der Waals surface area contributed by atoms with Crippen molar-refractivity contribution in [3.05, 3.63) is 0 Å². The highest BCUT2D eigenvalue weighted by atomic mass is 32.1. The SMILES string of the molecule is CC(C)(NC(=O)C1(C(N)=S)CCCCC1)C1CC1. The van der Waals surface area contributed by atoms with E-state index in [4.69, 9.17) is 18.0 Å². The average molecular weight is 268 g/mol. The molecule has 2 fully saturated rings. The molecule has 2 aliphatic rings. The second-order valence-corrected chi connectivity index (χ2v) is 6.90. The summed E-state index contributed by atoms with van der Waals surface area (Å²) in [7, 11) is 0. The molecule has 0 spiro atoms. The van der Waals surface area contributed by atoms with Crippen molar-refractivity contribution in [3.63, 3.8) is 0 Å². The normalized spacial score (nSPS) is 23.4. The molecule has 2 rings (SSSR count). The van der Waals surface area contributed by atoms with Crippen molar-refractivity contribution < 1.29 is 4.79 Å². The molecule has 2 saturated carbocycles. The number of carbonyl (C=O) groups excluding carboxylic acids is 1. The van der Waals surface area contributed by atoms with Gasteiger partial charge in [0.05, 0.1) is 10.4 Å². The quantitative estimate of drug-likeness (QED) is 0.770. The Morgan fingerprint density at radius 3 is 2.28 bits per heavy atom. The van der Waals surface area contributed by atoms with Crippen molar-refractivity contribution in [2.24, 2.45) is 17.1 Å². The third kappa shape index (κ3) is 2.53. The van der Waals surface area contributed by atoms with Crippen LogP contribution in [0, 0.1) is 11.3 Å². The second kappa shape index (κ2) is 4.80. The maximum atomic E-state index is 12.6. The molecule has 3 nitrogen and oxygen atoms in total. The van der Waals surface area contributed by atoms with Gasteiger partial charge in [0, 0.05) is 5.54 Å². The van der Waals surface area contributed by atoms with Crippen molar-refractivity contribution >= 4 is 23.1 Å². The zero-order valence-electron chi connectivity index (χ0n) is 11.4. The topological polar surface area (TPSA) is 55.1 Å². The molecule has 0 heterocycles. The number of carbonyl (C=O) groups is 1. The third-order valence-corrected chi connectivity index (χ3v) is 5.04. The van der Waals surface area contributed by atoms with E-state index in [0.717, 1.165) is 25.7 Å². The number of nitrogens with one attached hydrogen (secondary N) is 1. The smallest absolute Gasteiger partial charge is 0.233 e. The summed E-state index contributed by atoms with van der Waals surface area (Å²) in [6, 6.07) is 0. The predicted octanol–water partition coefficient (Wildman–Crippen LogP) is 2.53. The van der Waals surface area contributed by atoms with Gasteiger partial charge in [-0.15, -0.1) is 0 Å². The number of hydrogen-bond donors (Lipinski definition) is 2. The standard InChI is InChI=1S/C14H24N2OS/c1-13(2,10-6-7-10)16-12(17)14(11(15)18)8-4-3-5-9-14/h10H,3-9H2,1-2H3,(H2,15,18)(H,16,17). The first-order chi connectivity index (χ1) is 8.38. The molecule has 0 bridgehead atoms. The predicted molar refractivity (Wildman–Crippen MR) is 77.2 cm³/mol. The number of thiocarbonyl (C=S) groups is 1. The molecular weight excluding hydrogens is 244 g/mol. The fourth-order valence-electron chi connectivity index (χ4n) is 3.06. The van der Waals surface area contributed by atoms with Crippen LogP contribution in [0.4, 0.5) is 0 Å². The van der Waals surface area contributed by atoms with Gasteiger partial charge in [0.25, 0.3) is 0 Å². The lowest BCUT2D eigenvalue weighted by atomic mass is 9.72. The van der Waals surface area contributed by atoms with E-state index in [-0.39, 0.29) is 11.4 Å². The van der Waals surface area contributed by atoms with Gasteiger partial charge >= 0.3 is 0 Å². The molecule has 0 aromatic rings. The molecule has 1 amide bonds. The van der Waals surface area contributed by atoms with Crippen molar-refractivity contribution in [2.75, 3.05) is 0 Å². The summed E-state index contributed by atoms with van der Waals surface area (Å²) in [4.78, 5) is 13.0. The molecule has 0 atom stereocenters. The molecule has 4 heteroatoms. The maximum absolute atomic E-state index is 12.6. The zero-order valence-corrected chi connectivity index (χ0v) is 12.2. The molecule has 0 unspecified atom stereocenters. The summed E-state index contributed by atoms with van der Waals surface area (Å²) in [5, 5.41) is 3.20. The minimum Gasteiger partial charge on any atom is -0.392 e. The zero-order chi connectivity index (χ0) is 13.4. The van der Waals surface area contributed by atoms with Crippen molar-refractivity contribution in [1.29, 1.82) is 0 Å². The Hall–Kier alpha value is -0.640. The number of nitrogens with two attached hydrogens (primary N) is 1. The van der Waals surface area contributed by atoms with E-state index >= 15 is 0 Å². The van der Waals surface area contributed by atoms with Gasteiger partial charge in [-0.1, -0.05) is 31.5 Å². The Morgan fingerprint density at radius 2 is 1.83 bits per heavy atom. The van der Waals surface area contributed by atoms with E-state index in [9.17, 15) is 4.79 Å². The fraction of sp³-hybridized carbons (Fsp3) is 0.857. The van der Waals surface area contributed by atoms with E-state index in [1.54, 1.807) is 0 Å². The lowest BCUT2D eigenvalue weighted by Crippen LogP contribution is -2.56. The molecule has 0 aromatic carbocycles. The maximum Gasteiger partial charge on any atom is 0.233 e. The Labute approximate surface area is 115 Å². The summed E-state index contributed by atoms with van der Waals surface area (Å²) < 4.78 is 0. The Morgan fingerprint density at radius 1 is 1.28 bits per heavy atom. The first-order valence-electron chi connectivity index (χ1n) is 7.01. The Bertz CT molecular complexity index is 355. The molecule has 3 N–H and O–H groups in total. The molecule has 0 aromatic heterocycles. The monoisotopic (exact) mass is 268 g/mol. The minimum atomic E-state index is -0.584. The average Bonchev–Trinajstić information content (AvgIpc) is 3.13. The van der Waals surface area contributed by atoms with Gasteiger partial charge in [-0.25, -0.2) is 0 Å². The molecule has 2 aliphatic carbocycles. The third-order valence-electron chi connectivity index (χ3n) is 4.65. The van der Waals surface area contributed by atoms with Gasteiger partial charge in [0.2, 0.25) is 5.91 Å². The lowest BCUT2D eigenvalue weighted by Gasteiger charge is -2.38. The van der Waals surface area contributed by atoms with E-state index in [1.165, 1.54) is 19.3 Å². The number of rotatable bonds is 4. The molecular formula is C14H24N2OS. The first kappa shape index (κ1) is 13.8. The second-order valence-electron chi connectivity index (χ2n) is 6.46. The van der Waals surface area contributed by atoms with Gasteiger partial charge in [0.15, 0.2) is 0 Å². The van der Waals surface area contributed by atoms with Crippen LogP contribution in [0.5, 0.6) is 0 Å². The summed E-state index contributed by atoms with van der Waals surface area (Å²) in [5.41, 5.74) is 5.18. The van der Waals surface area contributed by atoms with Crippen LogP contribution in [0.15, 0.2) is 0 Å². The molecule has 0 saturated heterocycles. The first-order valence-corrected chi connectivity index (χ1v) is 7.42. The van der Waals surface area contributed by atoms with E-state index < -0.39 is 5.41 Å². The summed E-state index contributed by atoms with van der Waals surface area (Å²) >= 11 is 5.19.